The monoisotopic (exact) mass is 169 g/mol. The van der Waals surface area contributed by atoms with Crippen LogP contribution < -0.4 is 0 Å². The first-order valence-corrected chi connectivity index (χ1v) is 3.55. The molecule has 0 aromatic heterocycles. The number of halogens is 2. The van der Waals surface area contributed by atoms with E-state index in [9.17, 15) is 8.78 Å². The number of alkyl halides is 2. The maximum absolute atomic E-state index is 12.1. The molecule has 1 N–H and O–H groups in total. The molecular weight excluding hydrogens is 160 g/mol. The Hall–Kier alpha value is -1.25. The third-order valence-electron chi connectivity index (χ3n) is 1.65. The van der Waals surface area contributed by atoms with Gasteiger partial charge in [-0.3, -0.25) is 5.41 Å². The van der Waals surface area contributed by atoms with Gasteiger partial charge in [0.2, 0.25) is 0 Å². The highest BCUT2D eigenvalue weighted by Crippen LogP contribution is 2.11. The lowest BCUT2D eigenvalue weighted by atomic mass is 10.0. The van der Waals surface area contributed by atoms with Crippen molar-refractivity contribution in [2.24, 2.45) is 0 Å². The van der Waals surface area contributed by atoms with Crippen LogP contribution in [0.25, 0.3) is 0 Å². The lowest BCUT2D eigenvalue weighted by molar-refractivity contribution is 0.225. The van der Waals surface area contributed by atoms with Crippen molar-refractivity contribution in [2.45, 2.75) is 13.3 Å². The fraction of sp³-hybridized carbons (Fsp3) is 0.222. The molecule has 0 atom stereocenters. The first kappa shape index (κ1) is 8.84. The van der Waals surface area contributed by atoms with Gasteiger partial charge in [0, 0.05) is 5.56 Å². The lowest BCUT2D eigenvalue weighted by Crippen LogP contribution is -2.11. The molecule has 12 heavy (non-hydrogen) atoms. The van der Waals surface area contributed by atoms with Gasteiger partial charge < -0.3 is 0 Å². The molecule has 0 saturated heterocycles. The maximum atomic E-state index is 12.1. The Labute approximate surface area is 69.5 Å². The Bertz CT molecular complexity index is 294. The van der Waals surface area contributed by atoms with E-state index in [4.69, 9.17) is 5.41 Å². The standard InChI is InChI=1S/C9H9F2N/c1-6-4-2-3-5-7(6)8(12)9(10)11/h2-5,9,12H,1H3. The molecule has 0 saturated carbocycles. The highest BCUT2D eigenvalue weighted by molar-refractivity contribution is 6.01. The SMILES string of the molecule is Cc1ccccc1C(=N)C(F)F. The average molecular weight is 169 g/mol. The summed E-state index contributed by atoms with van der Waals surface area (Å²) in [6, 6.07) is 6.66. The number of hydrogen-bond acceptors (Lipinski definition) is 1. The van der Waals surface area contributed by atoms with Crippen LogP contribution in [0.3, 0.4) is 0 Å². The molecule has 0 radical (unpaired) electrons. The molecule has 0 heterocycles. The van der Waals surface area contributed by atoms with E-state index in [0.717, 1.165) is 0 Å². The summed E-state index contributed by atoms with van der Waals surface area (Å²) in [6.07, 6.45) is -2.69. The summed E-state index contributed by atoms with van der Waals surface area (Å²) in [5.41, 5.74) is 0.434. The van der Waals surface area contributed by atoms with Crippen LogP contribution in [0.4, 0.5) is 8.78 Å². The van der Waals surface area contributed by atoms with Gasteiger partial charge in [-0.05, 0) is 12.5 Å². The van der Waals surface area contributed by atoms with Crippen LogP contribution in [0.15, 0.2) is 24.3 Å². The van der Waals surface area contributed by atoms with Crippen molar-refractivity contribution in [3.8, 4) is 0 Å². The van der Waals surface area contributed by atoms with E-state index in [0.29, 0.717) is 11.1 Å². The van der Waals surface area contributed by atoms with Crippen molar-refractivity contribution in [1.82, 2.24) is 0 Å². The first-order valence-electron chi connectivity index (χ1n) is 3.55. The number of nitrogens with one attached hydrogen (secondary N) is 1. The predicted octanol–water partition coefficient (Wildman–Crippen LogP) is 2.63. The average Bonchev–Trinajstić information content (AvgIpc) is 2.04. The molecule has 64 valence electrons. The molecule has 3 heteroatoms. The second-order valence-electron chi connectivity index (χ2n) is 2.53. The molecule has 0 aliphatic heterocycles. The maximum Gasteiger partial charge on any atom is 0.280 e. The Kier molecular flexibility index (Phi) is 2.53. The van der Waals surface area contributed by atoms with Crippen LogP contribution in [0.2, 0.25) is 0 Å². The largest absolute Gasteiger partial charge is 0.299 e. The second-order valence-corrected chi connectivity index (χ2v) is 2.53. The molecule has 1 rings (SSSR count). The van der Waals surface area contributed by atoms with Crippen LogP contribution in [0.1, 0.15) is 11.1 Å². The van der Waals surface area contributed by atoms with E-state index in [-0.39, 0.29) is 0 Å². The smallest absolute Gasteiger partial charge is 0.280 e. The minimum Gasteiger partial charge on any atom is -0.299 e. The molecule has 1 aromatic rings. The van der Waals surface area contributed by atoms with Gasteiger partial charge in [-0.2, -0.15) is 0 Å². The molecule has 0 fully saturated rings. The molecule has 0 aliphatic rings. The molecule has 0 bridgehead atoms. The molecule has 0 spiro atoms. The molecule has 1 nitrogen and oxygen atoms in total. The summed E-state index contributed by atoms with van der Waals surface area (Å²) in [7, 11) is 0. The molecule has 0 amide bonds. The van der Waals surface area contributed by atoms with Gasteiger partial charge in [-0.15, -0.1) is 0 Å². The summed E-state index contributed by atoms with van der Waals surface area (Å²) in [4.78, 5) is 0. The third-order valence-corrected chi connectivity index (χ3v) is 1.65. The van der Waals surface area contributed by atoms with Crippen molar-refractivity contribution >= 4 is 5.71 Å². The zero-order chi connectivity index (χ0) is 9.14. The highest BCUT2D eigenvalue weighted by atomic mass is 19.3. The van der Waals surface area contributed by atoms with Crippen molar-refractivity contribution in [2.75, 3.05) is 0 Å². The number of hydrogen-bond donors (Lipinski definition) is 1. The van der Waals surface area contributed by atoms with E-state index in [1.54, 1.807) is 25.1 Å². The Morgan fingerprint density at radius 3 is 2.42 bits per heavy atom. The highest BCUT2D eigenvalue weighted by Gasteiger charge is 2.14. The third kappa shape index (κ3) is 1.67. The number of aryl methyl sites for hydroxylation is 1. The Morgan fingerprint density at radius 1 is 1.33 bits per heavy atom. The Balaban J connectivity index is 3.03. The normalized spacial score (nSPS) is 10.3. The van der Waals surface area contributed by atoms with Crippen LogP contribution in [-0.4, -0.2) is 12.1 Å². The van der Waals surface area contributed by atoms with Crippen molar-refractivity contribution < 1.29 is 8.78 Å². The minimum absolute atomic E-state index is 0.326. The zero-order valence-corrected chi connectivity index (χ0v) is 6.64. The van der Waals surface area contributed by atoms with Crippen molar-refractivity contribution in [3.63, 3.8) is 0 Å². The minimum atomic E-state index is -2.69. The summed E-state index contributed by atoms with van der Waals surface area (Å²) in [6.45, 7) is 1.71. The summed E-state index contributed by atoms with van der Waals surface area (Å²) >= 11 is 0. The van der Waals surface area contributed by atoms with E-state index < -0.39 is 12.1 Å². The quantitative estimate of drug-likeness (QED) is 0.658. The summed E-state index contributed by atoms with van der Waals surface area (Å²) in [5, 5.41) is 7.08. The van der Waals surface area contributed by atoms with Gasteiger partial charge in [0.15, 0.2) is 0 Å². The van der Waals surface area contributed by atoms with Gasteiger partial charge in [0.1, 0.15) is 5.71 Å². The summed E-state index contributed by atoms with van der Waals surface area (Å²) in [5.74, 6) is 0. The fourth-order valence-electron chi connectivity index (χ4n) is 0.993. The molecule has 1 aromatic carbocycles. The van der Waals surface area contributed by atoms with Crippen molar-refractivity contribution in [3.05, 3.63) is 35.4 Å². The van der Waals surface area contributed by atoms with Crippen LogP contribution in [0, 0.1) is 12.3 Å². The fourth-order valence-corrected chi connectivity index (χ4v) is 0.993. The van der Waals surface area contributed by atoms with Crippen LogP contribution in [-0.2, 0) is 0 Å². The first-order chi connectivity index (χ1) is 5.63. The lowest BCUT2D eigenvalue weighted by Gasteiger charge is -2.05. The zero-order valence-electron chi connectivity index (χ0n) is 6.64. The van der Waals surface area contributed by atoms with Gasteiger partial charge in [-0.25, -0.2) is 8.78 Å². The molecular formula is C9H9F2N. The van der Waals surface area contributed by atoms with E-state index in [1.165, 1.54) is 6.07 Å². The van der Waals surface area contributed by atoms with E-state index >= 15 is 0 Å². The van der Waals surface area contributed by atoms with Gasteiger partial charge in [0.25, 0.3) is 6.43 Å². The van der Waals surface area contributed by atoms with Gasteiger partial charge in [0.05, 0.1) is 0 Å². The predicted molar refractivity (Wildman–Crippen MR) is 44.0 cm³/mol. The van der Waals surface area contributed by atoms with E-state index in [2.05, 4.69) is 0 Å². The number of rotatable bonds is 2. The molecule has 0 aliphatic carbocycles. The van der Waals surface area contributed by atoms with E-state index in [1.807, 2.05) is 0 Å². The second kappa shape index (κ2) is 3.43. The van der Waals surface area contributed by atoms with Crippen LogP contribution >= 0.6 is 0 Å². The number of benzene rings is 1. The van der Waals surface area contributed by atoms with Crippen molar-refractivity contribution in [1.29, 1.82) is 5.41 Å². The topological polar surface area (TPSA) is 23.9 Å². The van der Waals surface area contributed by atoms with Crippen LogP contribution in [0.5, 0.6) is 0 Å². The molecule has 0 unspecified atom stereocenters. The Morgan fingerprint density at radius 2 is 1.92 bits per heavy atom. The van der Waals surface area contributed by atoms with Gasteiger partial charge in [-0.1, -0.05) is 24.3 Å². The van der Waals surface area contributed by atoms with Gasteiger partial charge >= 0.3 is 0 Å². The summed E-state index contributed by atoms with van der Waals surface area (Å²) < 4.78 is 24.1.